The van der Waals surface area contributed by atoms with Gasteiger partial charge in [0.2, 0.25) is 10.0 Å². The summed E-state index contributed by atoms with van der Waals surface area (Å²) in [6.07, 6.45) is 5.94. The first-order chi connectivity index (χ1) is 13.0. The van der Waals surface area contributed by atoms with Crippen molar-refractivity contribution in [1.82, 2.24) is 19.2 Å². The van der Waals surface area contributed by atoms with Crippen LogP contribution in [0, 0.1) is 5.92 Å². The van der Waals surface area contributed by atoms with E-state index in [1.54, 1.807) is 31.4 Å². The zero-order valence-electron chi connectivity index (χ0n) is 16.0. The minimum atomic E-state index is -3.50. The number of ether oxygens (including phenoxy) is 1. The third-order valence-electron chi connectivity index (χ3n) is 5.04. The van der Waals surface area contributed by atoms with Crippen molar-refractivity contribution in [2.45, 2.75) is 37.8 Å². The van der Waals surface area contributed by atoms with Crippen molar-refractivity contribution in [3.63, 3.8) is 0 Å². The smallest absolute Gasteiger partial charge is 0.240 e. The summed E-state index contributed by atoms with van der Waals surface area (Å²) in [6, 6.07) is 6.46. The molecule has 7 nitrogen and oxygen atoms in total. The Morgan fingerprint density at radius 1 is 1.30 bits per heavy atom. The molecule has 1 aliphatic rings. The molecule has 27 heavy (non-hydrogen) atoms. The van der Waals surface area contributed by atoms with Crippen LogP contribution in [-0.2, 0) is 23.1 Å². The quantitative estimate of drug-likeness (QED) is 0.745. The first-order valence-electron chi connectivity index (χ1n) is 9.38. The molecule has 1 fully saturated rings. The van der Waals surface area contributed by atoms with Gasteiger partial charge in [0.1, 0.15) is 11.6 Å². The van der Waals surface area contributed by atoms with E-state index in [-0.39, 0.29) is 4.90 Å². The highest BCUT2D eigenvalue weighted by molar-refractivity contribution is 7.89. The molecule has 0 radical (unpaired) electrons. The summed E-state index contributed by atoms with van der Waals surface area (Å²) in [4.78, 5) is 7.07. The van der Waals surface area contributed by atoms with Gasteiger partial charge >= 0.3 is 0 Å². The van der Waals surface area contributed by atoms with E-state index < -0.39 is 10.0 Å². The topological polar surface area (TPSA) is 76.5 Å². The normalized spacial score (nSPS) is 18.5. The summed E-state index contributed by atoms with van der Waals surface area (Å²) < 4.78 is 35.0. The fourth-order valence-electron chi connectivity index (χ4n) is 3.51. The van der Waals surface area contributed by atoms with E-state index in [1.165, 1.54) is 0 Å². The summed E-state index contributed by atoms with van der Waals surface area (Å²) in [5, 5.41) is 0. The number of aromatic nitrogens is 2. The van der Waals surface area contributed by atoms with Crippen LogP contribution in [0.25, 0.3) is 0 Å². The summed E-state index contributed by atoms with van der Waals surface area (Å²) in [5.74, 6) is 2.01. The summed E-state index contributed by atoms with van der Waals surface area (Å²) in [7, 11) is -1.94. The molecular weight excluding hydrogens is 364 g/mol. The van der Waals surface area contributed by atoms with Crippen molar-refractivity contribution in [2.75, 3.05) is 26.7 Å². The summed E-state index contributed by atoms with van der Waals surface area (Å²) >= 11 is 0. The Morgan fingerprint density at radius 3 is 2.78 bits per heavy atom. The Hall–Kier alpha value is -1.90. The fourth-order valence-corrected chi connectivity index (χ4v) is 4.62. The van der Waals surface area contributed by atoms with Crippen molar-refractivity contribution < 1.29 is 13.2 Å². The molecule has 0 unspecified atom stereocenters. The second-order valence-corrected chi connectivity index (χ2v) is 8.67. The van der Waals surface area contributed by atoms with Crippen LogP contribution in [-0.4, -0.2) is 49.6 Å². The zero-order chi connectivity index (χ0) is 19.3. The average Bonchev–Trinajstić information content (AvgIpc) is 3.14. The maximum Gasteiger partial charge on any atom is 0.240 e. The van der Waals surface area contributed by atoms with Gasteiger partial charge in [-0.2, -0.15) is 0 Å². The predicted molar refractivity (Wildman–Crippen MR) is 104 cm³/mol. The molecule has 1 aromatic heterocycles. The molecule has 3 rings (SSSR count). The molecule has 148 valence electrons. The Kier molecular flexibility index (Phi) is 6.51. The van der Waals surface area contributed by atoms with Crippen LogP contribution in [0.3, 0.4) is 0 Å². The molecule has 0 spiro atoms. The van der Waals surface area contributed by atoms with Crippen LogP contribution in [0.15, 0.2) is 41.6 Å². The monoisotopic (exact) mass is 392 g/mol. The van der Waals surface area contributed by atoms with E-state index in [0.29, 0.717) is 18.2 Å². The fraction of sp³-hybridized carbons (Fsp3) is 0.526. The van der Waals surface area contributed by atoms with E-state index in [4.69, 9.17) is 4.74 Å². The first kappa shape index (κ1) is 19.9. The predicted octanol–water partition coefficient (Wildman–Crippen LogP) is 2.10. The molecule has 0 aliphatic carbocycles. The summed E-state index contributed by atoms with van der Waals surface area (Å²) in [5.41, 5.74) is 0. The van der Waals surface area contributed by atoms with Gasteiger partial charge in [-0.15, -0.1) is 0 Å². The number of likely N-dealkylation sites (tertiary alicyclic amines) is 1. The third-order valence-corrected chi connectivity index (χ3v) is 6.48. The second kappa shape index (κ2) is 8.86. The number of aryl methyl sites for hydroxylation is 1. The lowest BCUT2D eigenvalue weighted by molar-refractivity contribution is 0.163. The Balaban J connectivity index is 1.55. The number of hydrogen-bond donors (Lipinski definition) is 1. The number of methoxy groups -OCH3 is 1. The number of sulfonamides is 1. The molecule has 1 N–H and O–H groups in total. The number of hydrogen-bond acceptors (Lipinski definition) is 5. The van der Waals surface area contributed by atoms with Gasteiger partial charge in [0.05, 0.1) is 18.6 Å². The molecule has 1 atom stereocenters. The zero-order valence-corrected chi connectivity index (χ0v) is 16.8. The van der Waals surface area contributed by atoms with Crippen molar-refractivity contribution in [3.8, 4) is 5.75 Å². The minimum Gasteiger partial charge on any atom is -0.497 e. The maximum absolute atomic E-state index is 12.5. The van der Waals surface area contributed by atoms with E-state index in [2.05, 4.69) is 26.1 Å². The molecular formula is C19H28N4O3S. The SMILES string of the molecule is CCn1ccnc1CN1CCC[C@H](CNS(=O)(=O)c2ccc(OC)cc2)C1. The van der Waals surface area contributed by atoms with Gasteiger partial charge in [-0.05, 0) is 56.5 Å². The van der Waals surface area contributed by atoms with Crippen molar-refractivity contribution in [3.05, 3.63) is 42.5 Å². The number of benzene rings is 1. The van der Waals surface area contributed by atoms with Crippen LogP contribution in [0.2, 0.25) is 0 Å². The number of imidazole rings is 1. The number of rotatable bonds is 8. The van der Waals surface area contributed by atoms with Crippen LogP contribution >= 0.6 is 0 Å². The Labute approximate surface area is 161 Å². The van der Waals surface area contributed by atoms with E-state index in [9.17, 15) is 8.42 Å². The van der Waals surface area contributed by atoms with Gasteiger partial charge in [-0.1, -0.05) is 0 Å². The molecule has 2 heterocycles. The van der Waals surface area contributed by atoms with E-state index in [0.717, 1.165) is 44.8 Å². The van der Waals surface area contributed by atoms with Gasteiger partial charge in [0.15, 0.2) is 0 Å². The van der Waals surface area contributed by atoms with Gasteiger partial charge in [-0.25, -0.2) is 18.1 Å². The second-order valence-electron chi connectivity index (χ2n) is 6.90. The molecule has 1 aromatic carbocycles. The number of nitrogens with one attached hydrogen (secondary N) is 1. The molecule has 1 saturated heterocycles. The number of piperidine rings is 1. The van der Waals surface area contributed by atoms with Crippen molar-refractivity contribution >= 4 is 10.0 Å². The van der Waals surface area contributed by atoms with Gasteiger partial charge in [0.25, 0.3) is 0 Å². The van der Waals surface area contributed by atoms with Crippen molar-refractivity contribution in [1.29, 1.82) is 0 Å². The molecule has 8 heteroatoms. The highest BCUT2D eigenvalue weighted by Crippen LogP contribution is 2.19. The minimum absolute atomic E-state index is 0.265. The maximum atomic E-state index is 12.5. The van der Waals surface area contributed by atoms with Gasteiger partial charge in [0, 0.05) is 32.0 Å². The molecule has 1 aliphatic heterocycles. The lowest BCUT2D eigenvalue weighted by Crippen LogP contribution is -2.40. The van der Waals surface area contributed by atoms with Crippen LogP contribution < -0.4 is 9.46 Å². The van der Waals surface area contributed by atoms with Crippen LogP contribution in [0.5, 0.6) is 5.75 Å². The standard InChI is InChI=1S/C19H28N4O3S/c1-3-23-12-10-20-19(23)15-22-11-4-5-16(14-22)13-21-27(24,25)18-8-6-17(26-2)7-9-18/h6-10,12,16,21H,3-5,11,13-15H2,1-2H3/t16-/m1/s1. The van der Waals surface area contributed by atoms with Gasteiger partial charge in [-0.3, -0.25) is 4.90 Å². The van der Waals surface area contributed by atoms with E-state index >= 15 is 0 Å². The Bertz CT molecular complexity index is 833. The third kappa shape index (κ3) is 5.09. The van der Waals surface area contributed by atoms with Crippen molar-refractivity contribution in [2.24, 2.45) is 5.92 Å². The molecule has 2 aromatic rings. The van der Waals surface area contributed by atoms with Crippen LogP contribution in [0.1, 0.15) is 25.6 Å². The highest BCUT2D eigenvalue weighted by atomic mass is 32.2. The molecule has 0 amide bonds. The van der Waals surface area contributed by atoms with Crippen LogP contribution in [0.4, 0.5) is 0 Å². The lowest BCUT2D eigenvalue weighted by Gasteiger charge is -2.32. The van der Waals surface area contributed by atoms with Gasteiger partial charge < -0.3 is 9.30 Å². The highest BCUT2D eigenvalue weighted by Gasteiger charge is 2.23. The molecule has 0 bridgehead atoms. The lowest BCUT2D eigenvalue weighted by atomic mass is 9.98. The largest absolute Gasteiger partial charge is 0.497 e. The van der Waals surface area contributed by atoms with E-state index in [1.807, 2.05) is 12.4 Å². The first-order valence-corrected chi connectivity index (χ1v) is 10.9. The summed E-state index contributed by atoms with van der Waals surface area (Å²) in [6.45, 7) is 6.18. The Morgan fingerprint density at radius 2 is 2.07 bits per heavy atom. The molecule has 0 saturated carbocycles. The average molecular weight is 393 g/mol. The number of nitrogens with zero attached hydrogens (tertiary/aromatic N) is 3.